The predicted octanol–water partition coefficient (Wildman–Crippen LogP) is 4.28. The van der Waals surface area contributed by atoms with E-state index >= 15 is 0 Å². The van der Waals surface area contributed by atoms with E-state index in [2.05, 4.69) is 10.6 Å². The number of aliphatic carboxylic acids is 1. The van der Waals surface area contributed by atoms with E-state index in [4.69, 9.17) is 26.4 Å². The number of hydrogen-bond acceptors (Lipinski definition) is 7. The lowest BCUT2D eigenvalue weighted by Crippen LogP contribution is -2.42. The molecule has 0 aromatic heterocycles. The highest BCUT2D eigenvalue weighted by molar-refractivity contribution is 8.23. The Balaban J connectivity index is 4.07. The molecule has 0 saturated carbocycles. The largest absolute Gasteiger partial charge is 0.480 e. The Morgan fingerprint density at radius 2 is 1.58 bits per heavy atom. The lowest BCUT2D eigenvalue weighted by Gasteiger charge is -2.20. The van der Waals surface area contributed by atoms with E-state index < -0.39 is 19.6 Å². The van der Waals surface area contributed by atoms with E-state index in [1.54, 1.807) is 0 Å². The average Bonchev–Trinajstić information content (AvgIpc) is 2.67. The zero-order valence-electron chi connectivity index (χ0n) is 19.3. The van der Waals surface area contributed by atoms with Crippen molar-refractivity contribution in [2.75, 3.05) is 31.7 Å². The predicted molar refractivity (Wildman–Crippen MR) is 131 cm³/mol. The van der Waals surface area contributed by atoms with Gasteiger partial charge in [0.15, 0.2) is 0 Å². The molecule has 0 aliphatic carbocycles. The minimum Gasteiger partial charge on any atom is -0.480 e. The Hall–Kier alpha value is -0.670. The Morgan fingerprint density at radius 1 is 1.03 bits per heavy atom. The highest BCUT2D eigenvalue weighted by Gasteiger charge is 2.25. The zero-order valence-corrected chi connectivity index (χ0v) is 21.9. The van der Waals surface area contributed by atoms with Crippen molar-refractivity contribution in [3.8, 4) is 0 Å². The highest BCUT2D eigenvalue weighted by Crippen LogP contribution is 2.49. The van der Waals surface area contributed by atoms with Crippen LogP contribution in [0.1, 0.15) is 60.3 Å². The van der Waals surface area contributed by atoms with Crippen molar-refractivity contribution in [1.29, 1.82) is 0 Å². The van der Waals surface area contributed by atoms with E-state index in [1.807, 2.05) is 27.7 Å². The molecule has 0 spiro atoms. The smallest absolute Gasteiger partial charge is 0.330 e. The van der Waals surface area contributed by atoms with Gasteiger partial charge in [-0.15, -0.1) is 0 Å². The van der Waals surface area contributed by atoms with Gasteiger partial charge in [-0.05, 0) is 24.7 Å². The minimum absolute atomic E-state index is 0.169. The molecular formula is C20H39N2O6PS2. The first-order valence-electron chi connectivity index (χ1n) is 10.7. The van der Waals surface area contributed by atoms with Gasteiger partial charge in [-0.25, -0.2) is 4.79 Å². The fraction of sp³-hybridized carbons (Fsp3) is 0.850. The quantitative estimate of drug-likeness (QED) is 0.154. The highest BCUT2D eigenvalue weighted by atomic mass is 32.2. The average molecular weight is 499 g/mol. The first kappa shape index (κ1) is 30.3. The monoisotopic (exact) mass is 498 g/mol. The lowest BCUT2D eigenvalue weighted by atomic mass is 10.2. The Labute approximate surface area is 196 Å². The molecule has 11 heteroatoms. The third-order valence-electron chi connectivity index (χ3n) is 3.89. The van der Waals surface area contributed by atoms with Crippen LogP contribution in [0.2, 0.25) is 0 Å². The molecule has 182 valence electrons. The molecule has 31 heavy (non-hydrogen) atoms. The van der Waals surface area contributed by atoms with Crippen molar-refractivity contribution < 1.29 is 28.3 Å². The van der Waals surface area contributed by atoms with Gasteiger partial charge in [0.05, 0.1) is 19.4 Å². The summed E-state index contributed by atoms with van der Waals surface area (Å²) in [5.41, 5.74) is 0. The van der Waals surface area contributed by atoms with Gasteiger partial charge in [0.2, 0.25) is 5.91 Å². The van der Waals surface area contributed by atoms with Crippen LogP contribution in [0.25, 0.3) is 0 Å². The summed E-state index contributed by atoms with van der Waals surface area (Å²) in [5.74, 6) is -0.707. The third kappa shape index (κ3) is 17.6. The molecule has 1 atom stereocenters. The molecule has 8 nitrogen and oxygen atoms in total. The summed E-state index contributed by atoms with van der Waals surface area (Å²) in [6, 6.07) is -0.964. The summed E-state index contributed by atoms with van der Waals surface area (Å²) >= 11 is 6.40. The normalized spacial score (nSPS) is 12.7. The number of thioether (sulfide) groups is 1. The number of amides is 1. The van der Waals surface area contributed by atoms with Crippen molar-refractivity contribution >= 4 is 47.8 Å². The number of carbonyl (C=O) groups excluding carboxylic acids is 1. The van der Waals surface area contributed by atoms with Crippen molar-refractivity contribution in [1.82, 2.24) is 10.6 Å². The minimum atomic E-state index is -3.05. The first-order valence-corrected chi connectivity index (χ1v) is 13.9. The van der Waals surface area contributed by atoms with Crippen LogP contribution in [-0.4, -0.2) is 59.0 Å². The lowest BCUT2D eigenvalue weighted by molar-refractivity contribution is -0.140. The molecule has 0 aliphatic rings. The molecule has 0 aliphatic heterocycles. The van der Waals surface area contributed by atoms with Crippen LogP contribution in [0.4, 0.5) is 0 Å². The first-order chi connectivity index (χ1) is 14.4. The summed E-state index contributed by atoms with van der Waals surface area (Å²) in [7, 11) is -3.05. The van der Waals surface area contributed by atoms with Crippen molar-refractivity contribution in [3.05, 3.63) is 0 Å². The van der Waals surface area contributed by atoms with Crippen LogP contribution in [0.15, 0.2) is 0 Å². The summed E-state index contributed by atoms with van der Waals surface area (Å²) in [6.07, 6.45) is 3.93. The Morgan fingerprint density at radius 3 is 2.06 bits per heavy atom. The van der Waals surface area contributed by atoms with Gasteiger partial charge >= 0.3 is 13.6 Å². The molecule has 0 radical (unpaired) electrons. The summed E-state index contributed by atoms with van der Waals surface area (Å²) in [5, 5.41) is 14.5. The Bertz CT molecular complexity index is 588. The summed E-state index contributed by atoms with van der Waals surface area (Å²) < 4.78 is 24.6. The molecule has 0 fully saturated rings. The van der Waals surface area contributed by atoms with Gasteiger partial charge in [-0.3, -0.25) is 9.36 Å². The number of rotatable bonds is 17. The second kappa shape index (κ2) is 16.9. The molecule has 0 rings (SSSR count). The second-order valence-corrected chi connectivity index (χ2v) is 12.1. The molecule has 0 aromatic rings. The van der Waals surface area contributed by atoms with Gasteiger partial charge in [0, 0.05) is 19.2 Å². The van der Waals surface area contributed by atoms with Crippen LogP contribution in [-0.2, 0) is 23.2 Å². The number of carboxylic acids is 1. The van der Waals surface area contributed by atoms with E-state index in [1.165, 1.54) is 18.7 Å². The maximum atomic E-state index is 12.9. The van der Waals surface area contributed by atoms with Crippen LogP contribution < -0.4 is 10.6 Å². The van der Waals surface area contributed by atoms with E-state index in [-0.39, 0.29) is 11.7 Å². The number of unbranched alkanes of at least 4 members (excludes halogenated alkanes) is 3. The maximum absolute atomic E-state index is 12.9. The van der Waals surface area contributed by atoms with Gasteiger partial charge < -0.3 is 24.8 Å². The molecule has 0 heterocycles. The fourth-order valence-corrected chi connectivity index (χ4v) is 5.34. The molecule has 0 saturated heterocycles. The van der Waals surface area contributed by atoms with E-state index in [9.17, 15) is 14.2 Å². The fourth-order valence-electron chi connectivity index (χ4n) is 2.30. The molecule has 0 aromatic carbocycles. The van der Waals surface area contributed by atoms with Crippen LogP contribution in [0, 0.1) is 11.8 Å². The molecular weight excluding hydrogens is 459 g/mol. The summed E-state index contributed by atoms with van der Waals surface area (Å²) in [6.45, 7) is 10.9. The van der Waals surface area contributed by atoms with Crippen LogP contribution >= 0.6 is 31.6 Å². The molecule has 3 N–H and O–H groups in total. The molecule has 1 amide bonds. The number of carboxylic acid groups (broad SMARTS) is 1. The van der Waals surface area contributed by atoms with Gasteiger partial charge in [-0.2, -0.15) is 0 Å². The van der Waals surface area contributed by atoms with Crippen LogP contribution in [0.3, 0.4) is 0 Å². The van der Waals surface area contributed by atoms with Gasteiger partial charge in [0.1, 0.15) is 10.4 Å². The van der Waals surface area contributed by atoms with Crippen molar-refractivity contribution in [2.45, 2.75) is 66.3 Å². The SMILES string of the molecule is CC(=O)N[C@@H](CSC(=S)NCCCCCCP(=O)(OCC(C)C)OCC(C)C)C(=O)O. The topological polar surface area (TPSA) is 114 Å². The zero-order chi connectivity index (χ0) is 23.9. The number of carbonyl (C=O) groups is 2. The van der Waals surface area contributed by atoms with Gasteiger partial charge in [-0.1, -0.05) is 64.5 Å². The summed E-state index contributed by atoms with van der Waals surface area (Å²) in [4.78, 5) is 22.1. The number of hydrogen-bond donors (Lipinski definition) is 3. The van der Waals surface area contributed by atoms with Crippen LogP contribution in [0.5, 0.6) is 0 Å². The van der Waals surface area contributed by atoms with Gasteiger partial charge in [0.25, 0.3) is 0 Å². The van der Waals surface area contributed by atoms with Crippen molar-refractivity contribution in [3.63, 3.8) is 0 Å². The number of thiocarbonyl (C=S) groups is 1. The Kier molecular flexibility index (Phi) is 16.5. The van der Waals surface area contributed by atoms with Crippen molar-refractivity contribution in [2.24, 2.45) is 11.8 Å². The molecule has 0 unspecified atom stereocenters. The maximum Gasteiger partial charge on any atom is 0.330 e. The third-order valence-corrected chi connectivity index (χ3v) is 7.25. The second-order valence-electron chi connectivity index (χ2n) is 8.24. The van der Waals surface area contributed by atoms with E-state index in [0.29, 0.717) is 42.1 Å². The van der Waals surface area contributed by atoms with E-state index in [0.717, 1.165) is 25.7 Å². The standard InChI is InChI=1S/C20H39N2O6PS2/c1-15(2)12-27-29(26,28-13-16(3)4)11-9-7-6-8-10-21-20(30)31-14-18(19(24)25)22-17(5)23/h15-16,18H,6-14H2,1-5H3,(H,21,30)(H,22,23)(H,24,25)/t18-/m0/s1. The molecule has 0 bridgehead atoms. The number of nitrogens with one attached hydrogen (secondary N) is 2.